The number of nitriles is 1. The third-order valence-corrected chi connectivity index (χ3v) is 3.54. The summed E-state index contributed by atoms with van der Waals surface area (Å²) in [5, 5.41) is 15.4. The van der Waals surface area contributed by atoms with Gasteiger partial charge in [-0.3, -0.25) is 0 Å². The highest BCUT2D eigenvalue weighted by Gasteiger charge is 2.04. The van der Waals surface area contributed by atoms with Crippen molar-refractivity contribution in [3.8, 4) is 6.07 Å². The van der Waals surface area contributed by atoms with Gasteiger partial charge in [0.15, 0.2) is 0 Å². The first kappa shape index (κ1) is 15.0. The fourth-order valence-electron chi connectivity index (χ4n) is 2.01. The maximum atomic E-state index is 9.13. The third kappa shape index (κ3) is 3.84. The van der Waals surface area contributed by atoms with Crippen LogP contribution in [0.4, 0.5) is 23.1 Å². The normalized spacial score (nSPS) is 9.91. The maximum Gasteiger partial charge on any atom is 0.229 e. The number of halogens is 1. The van der Waals surface area contributed by atoms with Crippen molar-refractivity contribution in [2.45, 2.75) is 0 Å². The number of nitrogens with zero attached hydrogens (tertiary/aromatic N) is 3. The van der Waals surface area contributed by atoms with Crippen LogP contribution >= 0.6 is 15.9 Å². The molecule has 1 aromatic heterocycles. The molecule has 0 unspecified atom stereocenters. The van der Waals surface area contributed by atoms with E-state index in [1.54, 1.807) is 18.3 Å². The van der Waals surface area contributed by atoms with E-state index in [0.717, 1.165) is 10.2 Å². The number of anilines is 4. The summed E-state index contributed by atoms with van der Waals surface area (Å²) >= 11 is 3.43. The summed E-state index contributed by atoms with van der Waals surface area (Å²) in [6, 6.07) is 18.9. The van der Waals surface area contributed by atoms with E-state index in [-0.39, 0.29) is 0 Å². The summed E-state index contributed by atoms with van der Waals surface area (Å²) in [6.45, 7) is 0. The van der Waals surface area contributed by atoms with Crippen molar-refractivity contribution >= 4 is 39.1 Å². The fourth-order valence-corrected chi connectivity index (χ4v) is 2.41. The average Bonchev–Trinajstić information content (AvgIpc) is 2.56. The molecule has 2 aromatic carbocycles. The molecule has 0 aliphatic heterocycles. The van der Waals surface area contributed by atoms with Gasteiger partial charge in [0.05, 0.1) is 11.3 Å². The predicted molar refractivity (Wildman–Crippen MR) is 93.9 cm³/mol. The Morgan fingerprint density at radius 2 is 1.87 bits per heavy atom. The number of hydrogen-bond acceptors (Lipinski definition) is 5. The minimum absolute atomic E-state index is 0.475. The number of benzene rings is 2. The van der Waals surface area contributed by atoms with Crippen LogP contribution in [0.15, 0.2) is 65.3 Å². The van der Waals surface area contributed by atoms with E-state index in [9.17, 15) is 0 Å². The zero-order valence-corrected chi connectivity index (χ0v) is 13.6. The lowest BCUT2D eigenvalue weighted by atomic mass is 10.2. The van der Waals surface area contributed by atoms with Gasteiger partial charge in [-0.1, -0.05) is 34.1 Å². The first-order valence-corrected chi connectivity index (χ1v) is 7.66. The molecule has 2 N–H and O–H groups in total. The molecule has 0 aliphatic rings. The number of aromatic nitrogens is 2. The molecule has 23 heavy (non-hydrogen) atoms. The first-order valence-electron chi connectivity index (χ1n) is 6.86. The topological polar surface area (TPSA) is 73.6 Å². The van der Waals surface area contributed by atoms with Gasteiger partial charge in [-0.2, -0.15) is 10.2 Å². The molecule has 0 saturated heterocycles. The standard InChI is InChI=1S/C17H12BrN5/c18-13-5-3-6-14(10-13)21-17-20-9-8-16(23-17)22-15-7-2-1-4-12(15)11-19/h1-10H,(H2,20,21,22,23). The van der Waals surface area contributed by atoms with Gasteiger partial charge >= 0.3 is 0 Å². The minimum atomic E-state index is 0.475. The summed E-state index contributed by atoms with van der Waals surface area (Å²) in [5.74, 6) is 1.09. The highest BCUT2D eigenvalue weighted by atomic mass is 79.9. The van der Waals surface area contributed by atoms with Crippen molar-refractivity contribution in [2.24, 2.45) is 0 Å². The summed E-state index contributed by atoms with van der Waals surface area (Å²) in [4.78, 5) is 8.62. The molecule has 0 atom stereocenters. The van der Waals surface area contributed by atoms with Gasteiger partial charge in [-0.25, -0.2) is 4.98 Å². The molecule has 0 amide bonds. The molecular formula is C17H12BrN5. The van der Waals surface area contributed by atoms with Crippen molar-refractivity contribution < 1.29 is 0 Å². The first-order chi connectivity index (χ1) is 11.2. The Hall–Kier alpha value is -2.91. The predicted octanol–water partition coefficient (Wildman–Crippen LogP) is 4.60. The van der Waals surface area contributed by atoms with Crippen LogP contribution in [0.25, 0.3) is 0 Å². The van der Waals surface area contributed by atoms with E-state index in [4.69, 9.17) is 5.26 Å². The summed E-state index contributed by atoms with van der Waals surface area (Å²) < 4.78 is 0.972. The van der Waals surface area contributed by atoms with E-state index in [1.165, 1.54) is 0 Å². The molecule has 0 spiro atoms. The zero-order chi connectivity index (χ0) is 16.1. The minimum Gasteiger partial charge on any atom is -0.339 e. The van der Waals surface area contributed by atoms with Gasteiger partial charge in [0.1, 0.15) is 11.9 Å². The Labute approximate surface area is 142 Å². The van der Waals surface area contributed by atoms with Gasteiger partial charge < -0.3 is 10.6 Å². The number of para-hydroxylation sites is 1. The Morgan fingerprint density at radius 1 is 1.00 bits per heavy atom. The van der Waals surface area contributed by atoms with Crippen LogP contribution in [0.5, 0.6) is 0 Å². The van der Waals surface area contributed by atoms with E-state index in [1.807, 2.05) is 42.5 Å². The molecule has 3 aromatic rings. The van der Waals surface area contributed by atoms with Crippen LogP contribution in [-0.4, -0.2) is 9.97 Å². The van der Waals surface area contributed by atoms with Crippen LogP contribution in [0.3, 0.4) is 0 Å². The maximum absolute atomic E-state index is 9.13. The molecular weight excluding hydrogens is 354 g/mol. The van der Waals surface area contributed by atoms with E-state index >= 15 is 0 Å². The van der Waals surface area contributed by atoms with Gasteiger partial charge in [-0.05, 0) is 36.4 Å². The van der Waals surface area contributed by atoms with Gasteiger partial charge in [0.2, 0.25) is 5.95 Å². The van der Waals surface area contributed by atoms with Crippen molar-refractivity contribution in [1.29, 1.82) is 5.26 Å². The average molecular weight is 366 g/mol. The second-order valence-electron chi connectivity index (χ2n) is 4.68. The summed E-state index contributed by atoms with van der Waals surface area (Å²) in [6.07, 6.45) is 1.66. The van der Waals surface area contributed by atoms with E-state index < -0.39 is 0 Å². The smallest absolute Gasteiger partial charge is 0.229 e. The number of nitrogens with one attached hydrogen (secondary N) is 2. The lowest BCUT2D eigenvalue weighted by Crippen LogP contribution is -2.01. The zero-order valence-electron chi connectivity index (χ0n) is 12.0. The van der Waals surface area contributed by atoms with E-state index in [0.29, 0.717) is 23.0 Å². The summed E-state index contributed by atoms with van der Waals surface area (Å²) in [5.41, 5.74) is 2.16. The molecule has 5 nitrogen and oxygen atoms in total. The fraction of sp³-hybridized carbons (Fsp3) is 0. The van der Waals surface area contributed by atoms with E-state index in [2.05, 4.69) is 42.6 Å². The van der Waals surface area contributed by atoms with Crippen molar-refractivity contribution in [3.05, 3.63) is 70.8 Å². The highest BCUT2D eigenvalue weighted by Crippen LogP contribution is 2.21. The molecule has 0 fully saturated rings. The van der Waals surface area contributed by atoms with Gasteiger partial charge in [0, 0.05) is 16.4 Å². The van der Waals surface area contributed by atoms with Crippen molar-refractivity contribution in [2.75, 3.05) is 10.6 Å². The van der Waals surface area contributed by atoms with Crippen LogP contribution < -0.4 is 10.6 Å². The number of rotatable bonds is 4. The molecule has 112 valence electrons. The SMILES string of the molecule is N#Cc1ccccc1Nc1ccnc(Nc2cccc(Br)c2)n1. The lowest BCUT2D eigenvalue weighted by molar-refractivity contribution is 1.16. The molecule has 0 saturated carbocycles. The molecule has 6 heteroatoms. The van der Waals surface area contributed by atoms with Crippen LogP contribution in [0.2, 0.25) is 0 Å². The van der Waals surface area contributed by atoms with Gasteiger partial charge in [0.25, 0.3) is 0 Å². The number of hydrogen-bond donors (Lipinski definition) is 2. The third-order valence-electron chi connectivity index (χ3n) is 3.05. The highest BCUT2D eigenvalue weighted by molar-refractivity contribution is 9.10. The Bertz CT molecular complexity index is 873. The van der Waals surface area contributed by atoms with Crippen LogP contribution in [-0.2, 0) is 0 Å². The Balaban J connectivity index is 1.81. The molecule has 0 bridgehead atoms. The summed E-state index contributed by atoms with van der Waals surface area (Å²) in [7, 11) is 0. The monoisotopic (exact) mass is 365 g/mol. The van der Waals surface area contributed by atoms with Crippen LogP contribution in [0.1, 0.15) is 5.56 Å². The second kappa shape index (κ2) is 6.90. The van der Waals surface area contributed by atoms with Crippen LogP contribution in [0, 0.1) is 11.3 Å². The Morgan fingerprint density at radius 3 is 2.70 bits per heavy atom. The molecule has 0 aliphatic carbocycles. The largest absolute Gasteiger partial charge is 0.339 e. The second-order valence-corrected chi connectivity index (χ2v) is 5.60. The van der Waals surface area contributed by atoms with Gasteiger partial charge in [-0.15, -0.1) is 0 Å². The molecule has 0 radical (unpaired) electrons. The Kier molecular flexibility index (Phi) is 4.50. The van der Waals surface area contributed by atoms with Crippen molar-refractivity contribution in [1.82, 2.24) is 9.97 Å². The quantitative estimate of drug-likeness (QED) is 0.706. The van der Waals surface area contributed by atoms with Crippen molar-refractivity contribution in [3.63, 3.8) is 0 Å². The molecule has 1 heterocycles. The lowest BCUT2D eigenvalue weighted by Gasteiger charge is -2.09. The molecule has 3 rings (SSSR count).